The van der Waals surface area contributed by atoms with E-state index in [0.717, 1.165) is 35.2 Å². The van der Waals surface area contributed by atoms with Crippen molar-refractivity contribution in [2.45, 2.75) is 19.8 Å². The molecule has 4 aromatic carbocycles. The first kappa shape index (κ1) is 15.8. The van der Waals surface area contributed by atoms with Gasteiger partial charge in [0.15, 0.2) is 0 Å². The van der Waals surface area contributed by atoms with Crippen molar-refractivity contribution in [3.05, 3.63) is 83.9 Å². The number of hydrogen-bond donors (Lipinski definition) is 0. The molecule has 124 valence electrons. The summed E-state index contributed by atoms with van der Waals surface area (Å²) in [5.41, 5.74) is 2.71. The van der Waals surface area contributed by atoms with Crippen LogP contribution in [-0.4, -0.2) is 0 Å². The quantitative estimate of drug-likeness (QED) is 0.358. The molecule has 0 fully saturated rings. The molecule has 0 saturated carbocycles. The lowest BCUT2D eigenvalue weighted by atomic mass is 9.96. The van der Waals surface area contributed by atoms with Crippen molar-refractivity contribution in [3.8, 4) is 11.1 Å². The average Bonchev–Trinajstić information content (AvgIpc) is 2.60. The molecule has 4 aromatic rings. The first-order valence-corrected chi connectivity index (χ1v) is 8.56. The summed E-state index contributed by atoms with van der Waals surface area (Å²) in [5.74, 6) is -1.12. The van der Waals surface area contributed by atoms with Gasteiger partial charge in [-0.1, -0.05) is 55.8 Å². The van der Waals surface area contributed by atoms with Crippen molar-refractivity contribution in [3.63, 3.8) is 0 Å². The Labute approximate surface area is 145 Å². The fourth-order valence-electron chi connectivity index (χ4n) is 3.47. The highest BCUT2D eigenvalue weighted by molar-refractivity contribution is 6.08. The molecule has 0 N–H and O–H groups in total. The van der Waals surface area contributed by atoms with Crippen LogP contribution in [0.5, 0.6) is 0 Å². The van der Waals surface area contributed by atoms with Crippen LogP contribution in [0.4, 0.5) is 8.78 Å². The van der Waals surface area contributed by atoms with E-state index in [2.05, 4.69) is 37.3 Å². The van der Waals surface area contributed by atoms with Gasteiger partial charge in [0.25, 0.3) is 0 Å². The second-order valence-corrected chi connectivity index (χ2v) is 6.47. The summed E-state index contributed by atoms with van der Waals surface area (Å²) in [6.07, 6.45) is 2.21. The van der Waals surface area contributed by atoms with Gasteiger partial charge in [0.1, 0.15) is 11.6 Å². The number of aryl methyl sites for hydroxylation is 1. The van der Waals surface area contributed by atoms with Gasteiger partial charge in [0.2, 0.25) is 0 Å². The minimum Gasteiger partial charge on any atom is -0.207 e. The lowest BCUT2D eigenvalue weighted by Gasteiger charge is -2.09. The van der Waals surface area contributed by atoms with Gasteiger partial charge in [-0.3, -0.25) is 0 Å². The maximum Gasteiger partial charge on any atom is 0.126 e. The molecule has 0 aliphatic rings. The number of fused-ring (bicyclic) bond motifs is 3. The molecule has 0 amide bonds. The summed E-state index contributed by atoms with van der Waals surface area (Å²) < 4.78 is 27.0. The third kappa shape index (κ3) is 3.00. The van der Waals surface area contributed by atoms with Crippen LogP contribution in [0.25, 0.3) is 32.7 Å². The third-order valence-corrected chi connectivity index (χ3v) is 4.63. The van der Waals surface area contributed by atoms with Crippen molar-refractivity contribution < 1.29 is 8.78 Å². The van der Waals surface area contributed by atoms with Crippen molar-refractivity contribution in [1.82, 2.24) is 0 Å². The summed E-state index contributed by atoms with van der Waals surface area (Å²) in [6, 6.07) is 20.4. The Morgan fingerprint density at radius 3 is 1.96 bits per heavy atom. The van der Waals surface area contributed by atoms with Crippen molar-refractivity contribution in [2.75, 3.05) is 0 Å². The molecule has 0 unspecified atom stereocenters. The van der Waals surface area contributed by atoms with Gasteiger partial charge in [0.05, 0.1) is 0 Å². The van der Waals surface area contributed by atoms with E-state index in [0.29, 0.717) is 5.56 Å². The van der Waals surface area contributed by atoms with Gasteiger partial charge in [-0.25, -0.2) is 8.78 Å². The lowest BCUT2D eigenvalue weighted by molar-refractivity contribution is 0.584. The van der Waals surface area contributed by atoms with Crippen LogP contribution in [0.3, 0.4) is 0 Å². The van der Waals surface area contributed by atoms with E-state index in [-0.39, 0.29) is 0 Å². The fraction of sp³-hybridized carbons (Fsp3) is 0.130. The molecular formula is C23H18F2. The molecular weight excluding hydrogens is 314 g/mol. The van der Waals surface area contributed by atoms with Gasteiger partial charge < -0.3 is 0 Å². The molecule has 0 nitrogen and oxygen atoms in total. The predicted octanol–water partition coefficient (Wildman–Crippen LogP) is 6.89. The SMILES string of the molecule is CCCc1ccc2c(ccc3cc(-c4cc(F)cc(F)c4)ccc32)c1. The Kier molecular flexibility index (Phi) is 3.96. The van der Waals surface area contributed by atoms with Gasteiger partial charge in [-0.05, 0) is 62.9 Å². The van der Waals surface area contributed by atoms with Crippen LogP contribution < -0.4 is 0 Å². The summed E-state index contributed by atoms with van der Waals surface area (Å²) >= 11 is 0. The molecule has 25 heavy (non-hydrogen) atoms. The smallest absolute Gasteiger partial charge is 0.126 e. The molecule has 0 aliphatic carbocycles. The molecule has 0 radical (unpaired) electrons. The highest BCUT2D eigenvalue weighted by Gasteiger charge is 2.07. The second kappa shape index (κ2) is 6.29. The molecule has 0 atom stereocenters. The van der Waals surface area contributed by atoms with Crippen molar-refractivity contribution in [2.24, 2.45) is 0 Å². The Hall–Kier alpha value is -2.74. The Morgan fingerprint density at radius 1 is 0.640 bits per heavy atom. The van der Waals surface area contributed by atoms with E-state index in [1.54, 1.807) is 0 Å². The van der Waals surface area contributed by atoms with E-state index in [1.165, 1.54) is 28.5 Å². The van der Waals surface area contributed by atoms with Crippen LogP contribution in [0, 0.1) is 11.6 Å². The van der Waals surface area contributed by atoms with E-state index in [9.17, 15) is 8.78 Å². The zero-order valence-electron chi connectivity index (χ0n) is 14.0. The zero-order valence-corrected chi connectivity index (χ0v) is 14.0. The van der Waals surface area contributed by atoms with Crippen LogP contribution in [0.15, 0.2) is 66.7 Å². The molecule has 2 heteroatoms. The first-order valence-electron chi connectivity index (χ1n) is 8.56. The van der Waals surface area contributed by atoms with E-state index in [4.69, 9.17) is 0 Å². The van der Waals surface area contributed by atoms with Crippen molar-refractivity contribution >= 4 is 21.5 Å². The average molecular weight is 332 g/mol. The highest BCUT2D eigenvalue weighted by atomic mass is 19.1. The van der Waals surface area contributed by atoms with Gasteiger partial charge in [-0.15, -0.1) is 0 Å². The maximum absolute atomic E-state index is 13.5. The predicted molar refractivity (Wildman–Crippen MR) is 101 cm³/mol. The normalized spacial score (nSPS) is 11.3. The summed E-state index contributed by atoms with van der Waals surface area (Å²) in [4.78, 5) is 0. The zero-order chi connectivity index (χ0) is 17.4. The number of benzene rings is 4. The van der Waals surface area contributed by atoms with Crippen molar-refractivity contribution in [1.29, 1.82) is 0 Å². The van der Waals surface area contributed by atoms with Crippen LogP contribution in [0.2, 0.25) is 0 Å². The number of halogens is 2. The van der Waals surface area contributed by atoms with Crippen LogP contribution in [-0.2, 0) is 6.42 Å². The molecule has 0 saturated heterocycles. The standard InChI is InChI=1S/C23H18F2/c1-2-3-15-4-8-22-17(10-15)5-6-18-11-16(7-9-23(18)22)19-12-20(24)14-21(25)13-19/h4-14H,2-3H2,1H3. The largest absolute Gasteiger partial charge is 0.207 e. The topological polar surface area (TPSA) is 0 Å². The van der Waals surface area contributed by atoms with Crippen LogP contribution >= 0.6 is 0 Å². The van der Waals surface area contributed by atoms with Gasteiger partial charge in [-0.2, -0.15) is 0 Å². The van der Waals surface area contributed by atoms with E-state index < -0.39 is 11.6 Å². The minimum atomic E-state index is -0.558. The fourth-order valence-corrected chi connectivity index (χ4v) is 3.47. The van der Waals surface area contributed by atoms with E-state index >= 15 is 0 Å². The lowest BCUT2D eigenvalue weighted by Crippen LogP contribution is -1.86. The molecule has 0 aliphatic heterocycles. The Bertz CT molecular complexity index is 1060. The van der Waals surface area contributed by atoms with Crippen LogP contribution in [0.1, 0.15) is 18.9 Å². The summed E-state index contributed by atoms with van der Waals surface area (Å²) in [7, 11) is 0. The second-order valence-electron chi connectivity index (χ2n) is 6.47. The molecule has 0 aromatic heterocycles. The molecule has 0 heterocycles. The number of rotatable bonds is 3. The minimum absolute atomic E-state index is 0.554. The Balaban J connectivity index is 1.86. The third-order valence-electron chi connectivity index (χ3n) is 4.63. The molecule has 0 spiro atoms. The summed E-state index contributed by atoms with van der Waals surface area (Å²) in [5, 5.41) is 4.65. The van der Waals surface area contributed by atoms with Gasteiger partial charge in [0, 0.05) is 6.07 Å². The monoisotopic (exact) mass is 332 g/mol. The van der Waals surface area contributed by atoms with E-state index in [1.807, 2.05) is 18.2 Å². The number of hydrogen-bond acceptors (Lipinski definition) is 0. The van der Waals surface area contributed by atoms with Gasteiger partial charge >= 0.3 is 0 Å². The Morgan fingerprint density at radius 2 is 1.28 bits per heavy atom. The summed E-state index contributed by atoms with van der Waals surface area (Å²) in [6.45, 7) is 2.18. The maximum atomic E-state index is 13.5. The highest BCUT2D eigenvalue weighted by Crippen LogP contribution is 2.31. The molecule has 0 bridgehead atoms. The first-order chi connectivity index (χ1) is 12.1. The molecule has 4 rings (SSSR count).